The van der Waals surface area contributed by atoms with Crippen LogP contribution in [0, 0.1) is 23.3 Å². The number of fused-ring (bicyclic) bond motifs is 1. The second-order valence-electron chi connectivity index (χ2n) is 4.68. The fourth-order valence-electron chi connectivity index (χ4n) is 2.37. The zero-order valence-electron chi connectivity index (χ0n) is 11.4. The molecular formula is C15H12F2N2OS. The maximum atomic E-state index is 14.1. The SMILES string of the molecule is COc1ccc(-n2c(=S)[nH]c3ccc(F)c(F)c32)c(C)c1. The number of hydrogen-bond acceptors (Lipinski definition) is 2. The molecule has 21 heavy (non-hydrogen) atoms. The minimum Gasteiger partial charge on any atom is -0.497 e. The van der Waals surface area contributed by atoms with E-state index in [1.807, 2.05) is 13.0 Å². The number of benzene rings is 2. The van der Waals surface area contributed by atoms with Crippen LogP contribution >= 0.6 is 12.2 Å². The summed E-state index contributed by atoms with van der Waals surface area (Å²) < 4.78 is 34.6. The number of H-pyrrole nitrogens is 1. The van der Waals surface area contributed by atoms with E-state index in [-0.39, 0.29) is 5.52 Å². The van der Waals surface area contributed by atoms with E-state index in [0.29, 0.717) is 21.7 Å². The van der Waals surface area contributed by atoms with E-state index in [0.717, 1.165) is 11.6 Å². The summed E-state index contributed by atoms with van der Waals surface area (Å²) in [6.07, 6.45) is 0. The maximum Gasteiger partial charge on any atom is 0.184 e. The van der Waals surface area contributed by atoms with E-state index in [2.05, 4.69) is 4.98 Å². The molecule has 0 spiro atoms. The van der Waals surface area contributed by atoms with Gasteiger partial charge in [-0.3, -0.25) is 4.57 Å². The van der Waals surface area contributed by atoms with Crippen molar-refractivity contribution in [1.82, 2.24) is 9.55 Å². The molecule has 0 saturated heterocycles. The summed E-state index contributed by atoms with van der Waals surface area (Å²) in [7, 11) is 1.57. The number of aromatic amines is 1. The monoisotopic (exact) mass is 306 g/mol. The summed E-state index contributed by atoms with van der Waals surface area (Å²) in [4.78, 5) is 2.89. The lowest BCUT2D eigenvalue weighted by Crippen LogP contribution is -2.00. The molecule has 0 atom stereocenters. The normalized spacial score (nSPS) is 11.0. The molecule has 2 aromatic carbocycles. The highest BCUT2D eigenvalue weighted by molar-refractivity contribution is 7.71. The van der Waals surface area contributed by atoms with Gasteiger partial charge in [-0.25, -0.2) is 8.78 Å². The summed E-state index contributed by atoms with van der Waals surface area (Å²) in [6.45, 7) is 1.86. The molecule has 1 aromatic heterocycles. The van der Waals surface area contributed by atoms with Crippen molar-refractivity contribution >= 4 is 23.3 Å². The quantitative estimate of drug-likeness (QED) is 0.716. The first-order chi connectivity index (χ1) is 10.0. The van der Waals surface area contributed by atoms with Gasteiger partial charge in [0.15, 0.2) is 16.4 Å². The van der Waals surface area contributed by atoms with Crippen molar-refractivity contribution < 1.29 is 13.5 Å². The lowest BCUT2D eigenvalue weighted by molar-refractivity contribution is 0.414. The molecule has 0 amide bonds. The molecule has 3 nitrogen and oxygen atoms in total. The summed E-state index contributed by atoms with van der Waals surface area (Å²) >= 11 is 5.25. The summed E-state index contributed by atoms with van der Waals surface area (Å²) in [5.41, 5.74) is 2.08. The molecule has 0 aliphatic rings. The zero-order chi connectivity index (χ0) is 15.1. The van der Waals surface area contributed by atoms with Crippen molar-refractivity contribution in [2.24, 2.45) is 0 Å². The zero-order valence-corrected chi connectivity index (χ0v) is 12.2. The highest BCUT2D eigenvalue weighted by Crippen LogP contribution is 2.27. The predicted octanol–water partition coefficient (Wildman–Crippen LogP) is 4.28. The molecule has 0 bridgehead atoms. The van der Waals surface area contributed by atoms with Gasteiger partial charge in [0.05, 0.1) is 18.3 Å². The Morgan fingerprint density at radius 3 is 2.62 bits per heavy atom. The predicted molar refractivity (Wildman–Crippen MR) is 79.7 cm³/mol. The number of ether oxygens (including phenoxy) is 1. The van der Waals surface area contributed by atoms with Gasteiger partial charge >= 0.3 is 0 Å². The molecule has 108 valence electrons. The number of aromatic nitrogens is 2. The molecule has 0 unspecified atom stereocenters. The van der Waals surface area contributed by atoms with E-state index in [1.54, 1.807) is 19.2 Å². The molecular weight excluding hydrogens is 294 g/mol. The summed E-state index contributed by atoms with van der Waals surface area (Å²) in [5, 5.41) is 0. The first-order valence-corrected chi connectivity index (χ1v) is 6.67. The molecule has 1 N–H and O–H groups in total. The summed E-state index contributed by atoms with van der Waals surface area (Å²) in [6, 6.07) is 7.88. The maximum absolute atomic E-state index is 14.1. The number of methoxy groups -OCH3 is 1. The number of nitrogens with zero attached hydrogens (tertiary/aromatic N) is 1. The Labute approximate surface area is 124 Å². The third-order valence-corrected chi connectivity index (χ3v) is 3.67. The Morgan fingerprint density at radius 1 is 1.19 bits per heavy atom. The van der Waals surface area contributed by atoms with E-state index < -0.39 is 11.6 Å². The van der Waals surface area contributed by atoms with Crippen LogP contribution in [-0.2, 0) is 0 Å². The van der Waals surface area contributed by atoms with Crippen LogP contribution < -0.4 is 4.74 Å². The Bertz CT molecular complexity index is 899. The smallest absolute Gasteiger partial charge is 0.184 e. The van der Waals surface area contributed by atoms with E-state index >= 15 is 0 Å². The van der Waals surface area contributed by atoms with Gasteiger partial charge in [-0.05, 0) is 55.0 Å². The number of aryl methyl sites for hydroxylation is 1. The molecule has 3 rings (SSSR count). The Hall–Kier alpha value is -2.21. The lowest BCUT2D eigenvalue weighted by Gasteiger charge is -2.10. The van der Waals surface area contributed by atoms with Crippen LogP contribution in [0.3, 0.4) is 0 Å². The molecule has 0 aliphatic heterocycles. The average molecular weight is 306 g/mol. The van der Waals surface area contributed by atoms with E-state index in [1.165, 1.54) is 10.6 Å². The van der Waals surface area contributed by atoms with Gasteiger partial charge < -0.3 is 9.72 Å². The van der Waals surface area contributed by atoms with Crippen molar-refractivity contribution in [1.29, 1.82) is 0 Å². The van der Waals surface area contributed by atoms with Crippen LogP contribution in [0.5, 0.6) is 5.75 Å². The first kappa shape index (κ1) is 13.8. The summed E-state index contributed by atoms with van der Waals surface area (Å²) in [5.74, 6) is -1.14. The van der Waals surface area contributed by atoms with Gasteiger partial charge in [0, 0.05) is 0 Å². The van der Waals surface area contributed by atoms with Crippen LogP contribution in [0.2, 0.25) is 0 Å². The number of halogens is 2. The van der Waals surface area contributed by atoms with Crippen molar-refractivity contribution in [3.05, 3.63) is 52.3 Å². The lowest BCUT2D eigenvalue weighted by atomic mass is 10.2. The number of rotatable bonds is 2. The minimum atomic E-state index is -0.921. The van der Waals surface area contributed by atoms with Crippen LogP contribution in [0.4, 0.5) is 8.78 Å². The molecule has 0 radical (unpaired) electrons. The molecule has 0 aliphatic carbocycles. The van der Waals surface area contributed by atoms with Gasteiger partial charge in [-0.1, -0.05) is 0 Å². The second kappa shape index (κ2) is 4.96. The van der Waals surface area contributed by atoms with Crippen molar-refractivity contribution in [3.63, 3.8) is 0 Å². The topological polar surface area (TPSA) is 29.9 Å². The fourth-order valence-corrected chi connectivity index (χ4v) is 2.67. The Balaban J connectivity index is 2.37. The molecule has 6 heteroatoms. The number of nitrogens with one attached hydrogen (secondary N) is 1. The van der Waals surface area contributed by atoms with Gasteiger partial charge in [0.25, 0.3) is 0 Å². The molecule has 0 saturated carbocycles. The van der Waals surface area contributed by atoms with Crippen LogP contribution in [0.25, 0.3) is 16.7 Å². The minimum absolute atomic E-state index is 0.105. The highest BCUT2D eigenvalue weighted by atomic mass is 32.1. The van der Waals surface area contributed by atoms with Gasteiger partial charge in [-0.15, -0.1) is 0 Å². The fraction of sp³-hybridized carbons (Fsp3) is 0.133. The largest absolute Gasteiger partial charge is 0.497 e. The highest BCUT2D eigenvalue weighted by Gasteiger charge is 2.16. The number of imidazole rings is 1. The van der Waals surface area contributed by atoms with Crippen molar-refractivity contribution in [2.45, 2.75) is 6.92 Å². The van der Waals surface area contributed by atoms with E-state index in [9.17, 15) is 8.78 Å². The van der Waals surface area contributed by atoms with Gasteiger partial charge in [0.1, 0.15) is 11.3 Å². The number of hydrogen-bond donors (Lipinski definition) is 1. The van der Waals surface area contributed by atoms with Crippen LogP contribution in [-0.4, -0.2) is 16.7 Å². The molecule has 1 heterocycles. The molecule has 0 fully saturated rings. The standard InChI is InChI=1S/C15H12F2N2OS/c1-8-7-9(20-2)3-6-12(8)19-14-11(18-15(19)21)5-4-10(16)13(14)17/h3-7H,1-2H3,(H,18,21). The second-order valence-corrected chi connectivity index (χ2v) is 5.06. The van der Waals surface area contributed by atoms with Crippen molar-refractivity contribution in [3.8, 4) is 11.4 Å². The Kier molecular flexibility index (Phi) is 3.25. The van der Waals surface area contributed by atoms with E-state index in [4.69, 9.17) is 17.0 Å². The Morgan fingerprint density at radius 2 is 1.95 bits per heavy atom. The third-order valence-electron chi connectivity index (χ3n) is 3.38. The first-order valence-electron chi connectivity index (χ1n) is 6.26. The van der Waals surface area contributed by atoms with Crippen molar-refractivity contribution in [2.75, 3.05) is 7.11 Å². The van der Waals surface area contributed by atoms with Crippen LogP contribution in [0.1, 0.15) is 5.56 Å². The molecule has 3 aromatic rings. The van der Waals surface area contributed by atoms with Gasteiger partial charge in [0.2, 0.25) is 0 Å². The van der Waals surface area contributed by atoms with Crippen LogP contribution in [0.15, 0.2) is 30.3 Å². The van der Waals surface area contributed by atoms with Gasteiger partial charge in [-0.2, -0.15) is 0 Å². The third kappa shape index (κ3) is 2.12. The average Bonchev–Trinajstić information content (AvgIpc) is 2.80.